The zero-order chi connectivity index (χ0) is 12.1. The van der Waals surface area contributed by atoms with Gasteiger partial charge in [-0.25, -0.2) is 0 Å². The van der Waals surface area contributed by atoms with Gasteiger partial charge in [0.25, 0.3) is 0 Å². The quantitative estimate of drug-likeness (QED) is 0.889. The Kier molecular flexibility index (Phi) is 4.61. The number of hydrogen-bond donors (Lipinski definition) is 2. The predicted octanol–water partition coefficient (Wildman–Crippen LogP) is 1.84. The van der Waals surface area contributed by atoms with Crippen LogP contribution in [0, 0.1) is 0 Å². The van der Waals surface area contributed by atoms with Gasteiger partial charge in [0.15, 0.2) is 0 Å². The van der Waals surface area contributed by atoms with Gasteiger partial charge in [-0.1, -0.05) is 0 Å². The Balaban J connectivity index is 2.77. The smallest absolute Gasteiger partial charge is 0.216 e. The zero-order valence-electron chi connectivity index (χ0n) is 9.21. The summed E-state index contributed by atoms with van der Waals surface area (Å²) in [7, 11) is 1.57. The average Bonchev–Trinajstić information content (AvgIpc) is 2.22. The number of ether oxygens (including phenoxy) is 1. The van der Waals surface area contributed by atoms with Gasteiger partial charge >= 0.3 is 0 Å². The molecule has 0 radical (unpaired) electrons. The molecule has 2 N–H and O–H groups in total. The number of aromatic hydroxyl groups is 1. The van der Waals surface area contributed by atoms with Crippen LogP contribution in [0.25, 0.3) is 0 Å². The first kappa shape index (κ1) is 12.8. The third-order valence-corrected chi connectivity index (χ3v) is 2.75. The molecular formula is C11H14BrNO3. The number of hydrogen-bond acceptors (Lipinski definition) is 3. The topological polar surface area (TPSA) is 58.6 Å². The molecule has 0 bridgehead atoms. The van der Waals surface area contributed by atoms with E-state index in [2.05, 4.69) is 21.2 Å². The van der Waals surface area contributed by atoms with Crippen LogP contribution >= 0.6 is 15.9 Å². The number of halogens is 1. The van der Waals surface area contributed by atoms with Gasteiger partial charge in [-0.05, 0) is 40.0 Å². The maximum absolute atomic E-state index is 10.7. The predicted molar refractivity (Wildman–Crippen MR) is 64.7 cm³/mol. The van der Waals surface area contributed by atoms with Crippen LogP contribution in [0.1, 0.15) is 12.5 Å². The molecule has 88 valence electrons. The third-order valence-electron chi connectivity index (χ3n) is 2.12. The fraction of sp³-hybridized carbons (Fsp3) is 0.364. The van der Waals surface area contributed by atoms with Crippen molar-refractivity contribution < 1.29 is 14.6 Å². The van der Waals surface area contributed by atoms with Crippen LogP contribution in [0.5, 0.6) is 11.5 Å². The van der Waals surface area contributed by atoms with E-state index in [1.165, 1.54) is 6.92 Å². The Bertz CT molecular complexity index is 393. The van der Waals surface area contributed by atoms with Crippen molar-refractivity contribution in [1.82, 2.24) is 5.32 Å². The third kappa shape index (κ3) is 3.41. The largest absolute Gasteiger partial charge is 0.507 e. The van der Waals surface area contributed by atoms with Gasteiger partial charge in [-0.15, -0.1) is 0 Å². The zero-order valence-corrected chi connectivity index (χ0v) is 10.8. The molecule has 0 aliphatic heterocycles. The Morgan fingerprint density at radius 1 is 1.56 bits per heavy atom. The second-order valence-electron chi connectivity index (χ2n) is 3.35. The Hall–Kier alpha value is -1.23. The van der Waals surface area contributed by atoms with E-state index < -0.39 is 0 Å². The molecule has 1 aromatic carbocycles. The lowest BCUT2D eigenvalue weighted by atomic mass is 10.1. The molecule has 5 heteroatoms. The molecule has 0 fully saturated rings. The number of benzene rings is 1. The highest BCUT2D eigenvalue weighted by molar-refractivity contribution is 9.10. The first-order valence-corrected chi connectivity index (χ1v) is 5.63. The average molecular weight is 288 g/mol. The van der Waals surface area contributed by atoms with Crippen LogP contribution in [-0.4, -0.2) is 24.7 Å². The van der Waals surface area contributed by atoms with E-state index >= 15 is 0 Å². The molecule has 0 heterocycles. The summed E-state index contributed by atoms with van der Waals surface area (Å²) in [6.07, 6.45) is 0.615. The standard InChI is InChI=1S/C11H14BrNO3/c1-7(14)13-4-3-8-5-10(15)9(12)6-11(8)16-2/h5-6,15H,3-4H2,1-2H3,(H,13,14). The van der Waals surface area contributed by atoms with Crippen LogP contribution in [-0.2, 0) is 11.2 Å². The second-order valence-corrected chi connectivity index (χ2v) is 4.20. The van der Waals surface area contributed by atoms with Gasteiger partial charge in [-0.2, -0.15) is 0 Å². The van der Waals surface area contributed by atoms with E-state index in [1.807, 2.05) is 0 Å². The number of amides is 1. The maximum Gasteiger partial charge on any atom is 0.216 e. The van der Waals surface area contributed by atoms with E-state index in [-0.39, 0.29) is 11.7 Å². The summed E-state index contributed by atoms with van der Waals surface area (Å²) in [5.74, 6) is 0.786. The van der Waals surface area contributed by atoms with Crippen molar-refractivity contribution in [3.05, 3.63) is 22.2 Å². The Morgan fingerprint density at radius 3 is 2.81 bits per heavy atom. The monoisotopic (exact) mass is 287 g/mol. The number of rotatable bonds is 4. The lowest BCUT2D eigenvalue weighted by molar-refractivity contribution is -0.118. The highest BCUT2D eigenvalue weighted by Crippen LogP contribution is 2.31. The van der Waals surface area contributed by atoms with Gasteiger partial charge in [0.1, 0.15) is 11.5 Å². The van der Waals surface area contributed by atoms with Crippen LogP contribution in [0.2, 0.25) is 0 Å². The Morgan fingerprint density at radius 2 is 2.25 bits per heavy atom. The molecule has 1 aromatic rings. The summed E-state index contributed by atoms with van der Waals surface area (Å²) < 4.78 is 5.78. The minimum atomic E-state index is -0.0692. The summed E-state index contributed by atoms with van der Waals surface area (Å²) in [6, 6.07) is 3.34. The Labute approximate surface area is 103 Å². The van der Waals surface area contributed by atoms with Crippen LogP contribution in [0.15, 0.2) is 16.6 Å². The number of phenols is 1. The minimum Gasteiger partial charge on any atom is -0.507 e. The molecular weight excluding hydrogens is 274 g/mol. The molecule has 1 rings (SSSR count). The molecule has 0 saturated heterocycles. The molecule has 0 spiro atoms. The molecule has 0 aromatic heterocycles. The summed E-state index contributed by atoms with van der Waals surface area (Å²) in [4.78, 5) is 10.7. The number of methoxy groups -OCH3 is 1. The van der Waals surface area contributed by atoms with Gasteiger partial charge in [0.05, 0.1) is 11.6 Å². The van der Waals surface area contributed by atoms with Crippen molar-refractivity contribution in [2.75, 3.05) is 13.7 Å². The van der Waals surface area contributed by atoms with Crippen molar-refractivity contribution in [2.24, 2.45) is 0 Å². The minimum absolute atomic E-state index is 0.0692. The van der Waals surface area contributed by atoms with Gasteiger partial charge in [0, 0.05) is 13.5 Å². The molecule has 0 aliphatic rings. The number of carbonyl (C=O) groups excluding carboxylic acids is 1. The van der Waals surface area contributed by atoms with E-state index in [4.69, 9.17) is 4.74 Å². The summed E-state index contributed by atoms with van der Waals surface area (Å²) in [5, 5.41) is 12.2. The lowest BCUT2D eigenvalue weighted by Gasteiger charge is -2.10. The van der Waals surface area contributed by atoms with Crippen molar-refractivity contribution in [3.8, 4) is 11.5 Å². The SMILES string of the molecule is COc1cc(Br)c(O)cc1CCNC(C)=O. The number of phenolic OH excluding ortho intramolecular Hbond substituents is 1. The fourth-order valence-electron chi connectivity index (χ4n) is 1.35. The molecule has 16 heavy (non-hydrogen) atoms. The first-order chi connectivity index (χ1) is 7.54. The summed E-state index contributed by atoms with van der Waals surface area (Å²) >= 11 is 3.21. The highest BCUT2D eigenvalue weighted by atomic mass is 79.9. The number of nitrogens with one attached hydrogen (secondary N) is 1. The van der Waals surface area contributed by atoms with Crippen LogP contribution < -0.4 is 10.1 Å². The molecule has 0 saturated carbocycles. The van der Waals surface area contributed by atoms with Gasteiger partial charge in [-0.3, -0.25) is 4.79 Å². The van der Waals surface area contributed by atoms with E-state index in [9.17, 15) is 9.90 Å². The molecule has 4 nitrogen and oxygen atoms in total. The highest BCUT2D eigenvalue weighted by Gasteiger charge is 2.08. The van der Waals surface area contributed by atoms with Crippen LogP contribution in [0.4, 0.5) is 0 Å². The van der Waals surface area contributed by atoms with Gasteiger partial charge < -0.3 is 15.2 Å². The molecule has 1 amide bonds. The molecule has 0 aliphatic carbocycles. The first-order valence-electron chi connectivity index (χ1n) is 4.84. The lowest BCUT2D eigenvalue weighted by Crippen LogP contribution is -2.22. The normalized spacial score (nSPS) is 9.94. The van der Waals surface area contributed by atoms with E-state index in [1.54, 1.807) is 19.2 Å². The van der Waals surface area contributed by atoms with E-state index in [0.29, 0.717) is 23.2 Å². The van der Waals surface area contributed by atoms with Crippen LogP contribution in [0.3, 0.4) is 0 Å². The van der Waals surface area contributed by atoms with Gasteiger partial charge in [0.2, 0.25) is 5.91 Å². The van der Waals surface area contributed by atoms with Crippen molar-refractivity contribution in [3.63, 3.8) is 0 Å². The molecule has 0 atom stereocenters. The maximum atomic E-state index is 10.7. The van der Waals surface area contributed by atoms with Crippen molar-refractivity contribution in [1.29, 1.82) is 0 Å². The van der Waals surface area contributed by atoms with Crippen molar-refractivity contribution in [2.45, 2.75) is 13.3 Å². The number of carbonyl (C=O) groups is 1. The second kappa shape index (κ2) is 5.75. The van der Waals surface area contributed by atoms with E-state index in [0.717, 1.165) is 5.56 Å². The molecule has 0 unspecified atom stereocenters. The fourth-order valence-corrected chi connectivity index (χ4v) is 1.67. The van der Waals surface area contributed by atoms with Crippen molar-refractivity contribution >= 4 is 21.8 Å². The summed E-state index contributed by atoms with van der Waals surface area (Å²) in [5.41, 5.74) is 0.858. The summed E-state index contributed by atoms with van der Waals surface area (Å²) in [6.45, 7) is 1.99.